The van der Waals surface area contributed by atoms with Crippen molar-refractivity contribution >= 4 is 35.1 Å². The zero-order valence-corrected chi connectivity index (χ0v) is 32.7. The molecular weight excluding hydrogens is 681 g/mol. The van der Waals surface area contributed by atoms with Gasteiger partial charge in [0.1, 0.15) is 22.7 Å². The largest absolute Gasteiger partial charge is 0.490 e. The van der Waals surface area contributed by atoms with Gasteiger partial charge in [-0.25, -0.2) is 4.79 Å². The van der Waals surface area contributed by atoms with Crippen LogP contribution < -0.4 is 4.74 Å². The summed E-state index contributed by atoms with van der Waals surface area (Å²) >= 11 is 12.9. The summed E-state index contributed by atoms with van der Waals surface area (Å²) < 4.78 is 12.1. The molecule has 0 N–H and O–H groups in total. The van der Waals surface area contributed by atoms with E-state index in [4.69, 9.17) is 37.7 Å². The van der Waals surface area contributed by atoms with Crippen LogP contribution in [0.4, 0.5) is 4.79 Å². The molecule has 2 fully saturated rings. The summed E-state index contributed by atoms with van der Waals surface area (Å²) in [7, 11) is 0. The highest BCUT2D eigenvalue weighted by Crippen LogP contribution is 2.54. The molecule has 0 aliphatic carbocycles. The molecule has 10 heteroatoms. The zero-order valence-electron chi connectivity index (χ0n) is 31.2. The highest BCUT2D eigenvalue weighted by Gasteiger charge is 2.60. The second-order valence-electron chi connectivity index (χ2n) is 15.6. The number of amidine groups is 1. The van der Waals surface area contributed by atoms with Gasteiger partial charge in [-0.1, -0.05) is 74.3 Å². The first-order chi connectivity index (χ1) is 24.2. The predicted octanol–water partition coefficient (Wildman–Crippen LogP) is 8.04. The molecule has 0 spiro atoms. The van der Waals surface area contributed by atoms with E-state index in [0.717, 1.165) is 74.7 Å². The lowest BCUT2D eigenvalue weighted by Gasteiger charge is -2.47. The molecule has 8 nitrogen and oxygen atoms in total. The number of carbonyl (C=O) groups excluding carboxylic acids is 1. The van der Waals surface area contributed by atoms with Crippen LogP contribution >= 0.6 is 23.2 Å². The Bertz CT molecular complexity index is 1710. The van der Waals surface area contributed by atoms with E-state index in [1.54, 1.807) is 0 Å². The lowest BCUT2D eigenvalue weighted by molar-refractivity contribution is 0.0299. The highest BCUT2D eigenvalue weighted by atomic mass is 35.5. The second-order valence-corrected chi connectivity index (χ2v) is 16.5. The number of nitrogens with zero attached hydrogens (tertiary/aromatic N) is 5. The maximum Gasteiger partial charge on any atom is 0.326 e. The van der Waals surface area contributed by atoms with E-state index in [-0.39, 0.29) is 17.6 Å². The number of piperazine rings is 1. The molecule has 2 atom stereocenters. The minimum atomic E-state index is -0.955. The van der Waals surface area contributed by atoms with Gasteiger partial charge >= 0.3 is 6.03 Å². The first-order valence-electron chi connectivity index (χ1n) is 18.3. The summed E-state index contributed by atoms with van der Waals surface area (Å²) in [5.41, 5.74) is 1.84. The molecule has 0 bridgehead atoms. The Hall–Kier alpha value is -3.14. The maximum absolute atomic E-state index is 15.3. The first-order valence-corrected chi connectivity index (χ1v) is 19.0. The van der Waals surface area contributed by atoms with Crippen molar-refractivity contribution in [2.75, 3.05) is 65.6 Å². The minimum absolute atomic E-state index is 0.0767. The van der Waals surface area contributed by atoms with Crippen LogP contribution in [-0.4, -0.2) is 103 Å². The third kappa shape index (κ3) is 7.67. The normalized spacial score (nSPS) is 23.5. The van der Waals surface area contributed by atoms with Crippen molar-refractivity contribution in [2.24, 2.45) is 4.99 Å². The van der Waals surface area contributed by atoms with Gasteiger partial charge in [0.25, 0.3) is 0 Å². The van der Waals surface area contributed by atoms with Gasteiger partial charge in [0.05, 0.1) is 24.9 Å². The van der Waals surface area contributed by atoms with Crippen molar-refractivity contribution < 1.29 is 14.3 Å². The third-order valence-corrected chi connectivity index (χ3v) is 11.4. The fourth-order valence-electron chi connectivity index (χ4n) is 7.50. The monoisotopic (exact) mass is 733 g/mol. The molecule has 0 radical (unpaired) electrons. The Kier molecular flexibility index (Phi) is 11.1. The predicted molar refractivity (Wildman–Crippen MR) is 208 cm³/mol. The topological polar surface area (TPSA) is 60.9 Å². The quantitative estimate of drug-likeness (QED) is 0.235. The Balaban J connectivity index is 1.45. The van der Waals surface area contributed by atoms with Gasteiger partial charge in [0.15, 0.2) is 0 Å². The van der Waals surface area contributed by atoms with Gasteiger partial charge in [-0.3, -0.25) is 19.7 Å². The van der Waals surface area contributed by atoms with Gasteiger partial charge in [0, 0.05) is 62.4 Å². The van der Waals surface area contributed by atoms with E-state index in [2.05, 4.69) is 62.6 Å². The molecule has 2 unspecified atom stereocenters. The molecule has 3 heterocycles. The molecule has 51 heavy (non-hydrogen) atoms. The minimum Gasteiger partial charge on any atom is -0.490 e. The molecule has 3 aromatic rings. The number of hydrogen-bond donors (Lipinski definition) is 0. The number of urea groups is 1. The summed E-state index contributed by atoms with van der Waals surface area (Å²) in [4.78, 5) is 29.8. The number of aliphatic imine (C=N–C) groups is 1. The summed E-state index contributed by atoms with van der Waals surface area (Å²) in [6.07, 6.45) is -0.0824. The van der Waals surface area contributed by atoms with Gasteiger partial charge in [0.2, 0.25) is 0 Å². The van der Waals surface area contributed by atoms with Crippen LogP contribution in [0, 0.1) is 0 Å². The van der Waals surface area contributed by atoms with Crippen LogP contribution in [0.1, 0.15) is 70.7 Å². The highest BCUT2D eigenvalue weighted by molar-refractivity contribution is 6.30. The Labute approximate surface area is 314 Å². The Morgan fingerprint density at radius 3 is 1.92 bits per heavy atom. The zero-order chi connectivity index (χ0) is 36.6. The number of rotatable bonds is 8. The molecule has 6 rings (SSSR count). The summed E-state index contributed by atoms with van der Waals surface area (Å²) in [6.45, 7) is 23.3. The smallest absolute Gasteiger partial charge is 0.326 e. The van der Waals surface area contributed by atoms with E-state index in [1.807, 2.05) is 72.2 Å². The van der Waals surface area contributed by atoms with Crippen molar-refractivity contribution in [3.63, 3.8) is 0 Å². The van der Waals surface area contributed by atoms with Crippen LogP contribution in [0.25, 0.3) is 0 Å². The number of carbonyl (C=O) groups is 1. The van der Waals surface area contributed by atoms with Crippen molar-refractivity contribution in [1.29, 1.82) is 0 Å². The molecule has 274 valence electrons. The summed E-state index contributed by atoms with van der Waals surface area (Å²) in [6, 6.07) is 21.9. The van der Waals surface area contributed by atoms with Gasteiger partial charge in [-0.05, 0) is 86.2 Å². The van der Waals surface area contributed by atoms with Crippen LogP contribution in [0.15, 0.2) is 71.7 Å². The van der Waals surface area contributed by atoms with E-state index in [1.165, 1.54) is 0 Å². The van der Waals surface area contributed by atoms with E-state index in [0.29, 0.717) is 34.7 Å². The van der Waals surface area contributed by atoms with Crippen molar-refractivity contribution in [1.82, 2.24) is 19.6 Å². The summed E-state index contributed by atoms with van der Waals surface area (Å²) in [5, 5.41) is 1.27. The van der Waals surface area contributed by atoms with E-state index >= 15 is 4.79 Å². The van der Waals surface area contributed by atoms with Crippen LogP contribution in [0.5, 0.6) is 5.75 Å². The fraction of sp³-hybridized carbons (Fsp3) is 0.512. The van der Waals surface area contributed by atoms with Gasteiger partial charge in [-0.15, -0.1) is 0 Å². The first kappa shape index (κ1) is 37.6. The van der Waals surface area contributed by atoms with E-state index < -0.39 is 11.1 Å². The lowest BCUT2D eigenvalue weighted by atomic mass is 9.71. The molecule has 0 saturated carbocycles. The van der Waals surface area contributed by atoms with Crippen LogP contribution in [0.2, 0.25) is 10.0 Å². The standard InChI is InChI=1S/C41H53Cl2N5O3/c1-29(2)51-36-28-32(39(3,4)5)12-17-35(36)37-44-40(6,30-8-13-33(42)14-9-30)41(7,31-10-15-34(43)16-11-31)48(37)38(49)47-22-20-45(21-23-47)18-19-46-24-26-50-27-25-46/h8-17,28-29H,18-27H2,1-7H3. The molecule has 2 amide bonds. The average Bonchev–Trinajstić information content (AvgIpc) is 3.35. The van der Waals surface area contributed by atoms with Gasteiger partial charge < -0.3 is 14.4 Å². The molecular formula is C41H53Cl2N5O3. The third-order valence-electron chi connectivity index (χ3n) is 10.9. The van der Waals surface area contributed by atoms with Crippen LogP contribution in [0.3, 0.4) is 0 Å². The van der Waals surface area contributed by atoms with Crippen molar-refractivity contribution in [3.8, 4) is 5.75 Å². The Morgan fingerprint density at radius 2 is 1.37 bits per heavy atom. The number of amides is 2. The fourth-order valence-corrected chi connectivity index (χ4v) is 7.76. The molecule has 3 aliphatic rings. The number of benzene rings is 3. The molecule has 2 saturated heterocycles. The van der Waals surface area contributed by atoms with Crippen molar-refractivity contribution in [3.05, 3.63) is 99.0 Å². The Morgan fingerprint density at radius 1 is 0.824 bits per heavy atom. The number of ether oxygens (including phenoxy) is 2. The van der Waals surface area contributed by atoms with Gasteiger partial charge in [-0.2, -0.15) is 0 Å². The van der Waals surface area contributed by atoms with Crippen molar-refractivity contribution in [2.45, 2.75) is 71.1 Å². The number of halogens is 2. The number of hydrogen-bond acceptors (Lipinski definition) is 6. The van der Waals surface area contributed by atoms with E-state index in [9.17, 15) is 0 Å². The molecule has 3 aliphatic heterocycles. The summed E-state index contributed by atoms with van der Waals surface area (Å²) in [5.74, 6) is 1.29. The lowest BCUT2D eigenvalue weighted by Crippen LogP contribution is -2.61. The number of morpholine rings is 1. The second kappa shape index (κ2) is 15.1. The average molecular weight is 735 g/mol. The molecule has 0 aromatic heterocycles. The van der Waals surface area contributed by atoms with Crippen LogP contribution in [-0.2, 0) is 21.2 Å². The molecule has 3 aromatic carbocycles. The maximum atomic E-state index is 15.3. The SMILES string of the molecule is CC(C)Oc1cc(C(C)(C)C)ccc1C1=NC(C)(c2ccc(Cl)cc2)C(C)(c2ccc(Cl)cc2)N1C(=O)N1CCN(CCN2CCOCC2)CC1.